The second-order valence-electron chi connectivity index (χ2n) is 9.34. The van der Waals surface area contributed by atoms with Crippen molar-refractivity contribution in [1.82, 2.24) is 0 Å². The summed E-state index contributed by atoms with van der Waals surface area (Å²) in [5.41, 5.74) is 0. The largest absolute Gasteiger partial charge is 0 e. The minimum absolute atomic E-state index is 0. The van der Waals surface area contributed by atoms with E-state index in [0.29, 0.717) is 0 Å². The van der Waals surface area contributed by atoms with Gasteiger partial charge in [-0.1, -0.05) is 0 Å². The van der Waals surface area contributed by atoms with E-state index in [1.54, 1.807) is 0 Å². The van der Waals surface area contributed by atoms with Crippen molar-refractivity contribution >= 4 is 76.1 Å². The molecule has 1 unspecified atom stereocenters. The van der Waals surface area contributed by atoms with Crippen molar-refractivity contribution in [1.29, 1.82) is 0 Å². The summed E-state index contributed by atoms with van der Waals surface area (Å²) < 4.78 is 42.3. The van der Waals surface area contributed by atoms with Gasteiger partial charge in [0.05, 0.1) is 0 Å². The minimum atomic E-state index is -3.54. The Morgan fingerprint density at radius 2 is 0.438 bits per heavy atom. The molecule has 0 saturated carbocycles. The zero-order valence-corrected chi connectivity index (χ0v) is 36.5. The normalized spacial score (nSPS) is 9.77. The second kappa shape index (κ2) is 24.9. The average molecular weight is 979 g/mol. The number of hydrogen-bond donors (Lipinski definition) is 0. The molecule has 6 aromatic rings. The van der Waals surface area contributed by atoms with Crippen LogP contribution in [0.2, 0.25) is 0 Å². The summed E-state index contributed by atoms with van der Waals surface area (Å²) >= 11 is -7.74. The molecular formula is C36H40As3LaO7P. The summed E-state index contributed by atoms with van der Waals surface area (Å²) in [6.45, 7) is 0. The van der Waals surface area contributed by atoms with Crippen molar-refractivity contribution in [2.24, 2.45) is 0 Å². The van der Waals surface area contributed by atoms with E-state index < -0.39 is 42.2 Å². The van der Waals surface area contributed by atoms with Gasteiger partial charge < -0.3 is 21.9 Å². The van der Waals surface area contributed by atoms with Crippen molar-refractivity contribution in [2.45, 2.75) is 0 Å². The van der Waals surface area contributed by atoms with Gasteiger partial charge in [0.2, 0.25) is 0 Å². The maximum absolute atomic E-state index is 13.9. The fraction of sp³-hybridized carbons (Fsp3) is 0. The summed E-state index contributed by atoms with van der Waals surface area (Å²) in [5.74, 6) is 0. The Kier molecular flexibility index (Phi) is 24.9. The van der Waals surface area contributed by atoms with Crippen LogP contribution in [0.1, 0.15) is 0 Å². The topological polar surface area (TPSA) is 177 Å². The van der Waals surface area contributed by atoms with Crippen LogP contribution in [0.15, 0.2) is 182 Å². The molecule has 249 valence electrons. The van der Waals surface area contributed by atoms with Crippen LogP contribution in [-0.4, -0.2) is 64.1 Å². The Morgan fingerprint density at radius 1 is 0.333 bits per heavy atom. The van der Waals surface area contributed by atoms with Gasteiger partial charge in [-0.15, -0.1) is 0 Å². The first-order valence-corrected chi connectivity index (χ1v) is 25.3. The number of rotatable bonds is 6. The van der Waals surface area contributed by atoms with Crippen LogP contribution in [-0.2, 0) is 11.2 Å². The summed E-state index contributed by atoms with van der Waals surface area (Å²) in [5, 5.41) is 0. The van der Waals surface area contributed by atoms with E-state index in [9.17, 15) is 7.48 Å². The van der Waals surface area contributed by atoms with Crippen LogP contribution in [0.4, 0.5) is 0 Å². The molecule has 0 bridgehead atoms. The van der Waals surface area contributed by atoms with Gasteiger partial charge in [-0.3, -0.25) is 0 Å². The van der Waals surface area contributed by atoms with Crippen molar-refractivity contribution in [2.75, 3.05) is 0 Å². The van der Waals surface area contributed by atoms with E-state index in [2.05, 4.69) is 7.80 Å². The monoisotopic (exact) mass is 979 g/mol. The Morgan fingerprint density at radius 3 is 0.542 bits per heavy atom. The van der Waals surface area contributed by atoms with Gasteiger partial charge in [0.1, 0.15) is 0 Å². The van der Waals surface area contributed by atoms with Gasteiger partial charge in [0.15, 0.2) is 0 Å². The number of hydrogen-bond acceptors (Lipinski definition) is 3. The van der Waals surface area contributed by atoms with Gasteiger partial charge in [-0.25, -0.2) is 0 Å². The van der Waals surface area contributed by atoms with Gasteiger partial charge >= 0.3 is 269 Å². The Hall–Kier alpha value is -2.14. The molecule has 12 heteroatoms. The number of benzene rings is 6. The predicted octanol–water partition coefficient (Wildman–Crippen LogP) is 0.695. The first-order chi connectivity index (χ1) is 21.0. The molecule has 48 heavy (non-hydrogen) atoms. The third-order valence-electron chi connectivity index (χ3n) is 6.72. The summed E-state index contributed by atoms with van der Waals surface area (Å²) in [6, 6.07) is 58.9. The van der Waals surface area contributed by atoms with Crippen LogP contribution in [0.5, 0.6) is 0 Å². The fourth-order valence-electron chi connectivity index (χ4n) is 4.72. The van der Waals surface area contributed by atoms with Crippen molar-refractivity contribution in [3.05, 3.63) is 182 Å². The van der Waals surface area contributed by atoms with Crippen molar-refractivity contribution in [3.63, 3.8) is 0 Å². The van der Waals surface area contributed by atoms with E-state index in [1.807, 2.05) is 182 Å². The van der Waals surface area contributed by atoms with Crippen LogP contribution in [0.25, 0.3) is 0 Å². The molecule has 1 atom stereocenters. The van der Waals surface area contributed by atoms with Crippen LogP contribution >= 0.6 is 7.80 Å². The molecule has 8 N–H and O–H groups in total. The minimum Gasteiger partial charge on any atom is 0 e. The Bertz CT molecular complexity index is 1450. The van der Waals surface area contributed by atoms with E-state index >= 15 is 0 Å². The molecule has 0 saturated heterocycles. The molecule has 0 aromatic heterocycles. The van der Waals surface area contributed by atoms with E-state index in [0.717, 1.165) is 26.1 Å². The molecule has 0 aliphatic heterocycles. The van der Waals surface area contributed by atoms with E-state index in [-0.39, 0.29) is 57.5 Å². The van der Waals surface area contributed by atoms with Crippen LogP contribution in [0, 0.1) is 35.6 Å². The maximum atomic E-state index is 13.9. The quantitative estimate of drug-likeness (QED) is 0.177. The molecule has 7 nitrogen and oxygen atoms in total. The molecule has 6 aromatic carbocycles. The van der Waals surface area contributed by atoms with Gasteiger partial charge in [-0.05, 0) is 0 Å². The molecule has 0 aliphatic rings. The van der Waals surface area contributed by atoms with Gasteiger partial charge in [0.25, 0.3) is 0 Å². The predicted molar refractivity (Wildman–Crippen MR) is 200 cm³/mol. The maximum Gasteiger partial charge on any atom is 0 e. The molecule has 6 rings (SSSR count). The zero-order chi connectivity index (χ0) is 30.4. The average Bonchev–Trinajstić information content (AvgIpc) is 3.10. The first kappa shape index (κ1) is 48.0. The summed E-state index contributed by atoms with van der Waals surface area (Å²) in [7, 11) is 2.12. The standard InChI is InChI=1S/2C18H15AsO.AsH2OP.La.4H2O/c2*20-19(16-10-4-1-5-11-16,17-12-6-2-7-13-17)18-14-8-3-9-15-18;2-1-3;;;;;/h2*1-15H;3H2;;4*1H2. The molecular weight excluding hydrogens is 939 g/mol. The van der Waals surface area contributed by atoms with E-state index in [4.69, 9.17) is 3.74 Å². The van der Waals surface area contributed by atoms with Crippen LogP contribution < -0.4 is 26.1 Å². The van der Waals surface area contributed by atoms with Gasteiger partial charge in [-0.2, -0.15) is 0 Å². The SMILES string of the molecule is O.O.O.O.O=[As](c1ccccc1)(c1ccccc1)c1ccccc1.O=[As](c1ccccc1)(c1ccccc1)c1ccccc1.O=[As]P.[La]. The van der Waals surface area contributed by atoms with Gasteiger partial charge in [0, 0.05) is 35.6 Å². The Labute approximate surface area is 323 Å². The van der Waals surface area contributed by atoms with Crippen molar-refractivity contribution in [3.8, 4) is 0 Å². The molecule has 0 amide bonds. The molecule has 0 aliphatic carbocycles. The third-order valence-corrected chi connectivity index (χ3v) is 19.6. The molecule has 0 fully saturated rings. The van der Waals surface area contributed by atoms with Crippen LogP contribution in [0.3, 0.4) is 0 Å². The summed E-state index contributed by atoms with van der Waals surface area (Å²) in [6.07, 6.45) is 0. The fourth-order valence-corrected chi connectivity index (χ4v) is 15.9. The summed E-state index contributed by atoms with van der Waals surface area (Å²) in [4.78, 5) is 0. The molecule has 1 radical (unpaired) electrons. The van der Waals surface area contributed by atoms with E-state index in [1.165, 1.54) is 0 Å². The Balaban J connectivity index is 0. The zero-order valence-electron chi connectivity index (χ0n) is 26.0. The third kappa shape index (κ3) is 12.0. The molecule has 0 heterocycles. The van der Waals surface area contributed by atoms with Crippen molar-refractivity contribution < 1.29 is 68.7 Å². The molecule has 0 spiro atoms. The second-order valence-corrected chi connectivity index (χ2v) is 22.5. The first-order valence-electron chi connectivity index (χ1n) is 13.6. The smallest absolute Gasteiger partial charge is 0 e.